The summed E-state index contributed by atoms with van der Waals surface area (Å²) in [5.74, 6) is 0. The maximum absolute atomic E-state index is 9.09. The molecule has 7 nitrogen and oxygen atoms in total. The fourth-order valence-electron chi connectivity index (χ4n) is 0. The molecule has 0 radical (unpaired) electrons. The van der Waals surface area contributed by atoms with E-state index in [0.29, 0.717) is 0 Å². The molecule has 0 saturated carbocycles. The number of hydrogen-bond donors (Lipinski definition) is 6. The zero-order valence-corrected chi connectivity index (χ0v) is 7.72. The van der Waals surface area contributed by atoms with Crippen LogP contribution in [0.4, 0.5) is 14.4 Å². The first-order valence-corrected chi connectivity index (χ1v) is 3.11. The summed E-state index contributed by atoms with van der Waals surface area (Å²) in [5, 5.41) is -1.28. The normalized spacial score (nSPS) is 6.17. The van der Waals surface area contributed by atoms with Crippen molar-refractivity contribution >= 4 is 41.8 Å². The summed E-state index contributed by atoms with van der Waals surface area (Å²) in [4.78, 5) is 27.2. The fraction of sp³-hybridized carbons (Fsp3) is 0. The minimum atomic E-state index is -0.833. The molecule has 0 aliphatic rings. The summed E-state index contributed by atoms with van der Waals surface area (Å²) in [6.07, 6.45) is 0. The van der Waals surface area contributed by atoms with Crippen molar-refractivity contribution < 1.29 is 14.4 Å². The second kappa shape index (κ2) is 12.6. The summed E-state index contributed by atoms with van der Waals surface area (Å²) in [7, 11) is 0. The Kier molecular flexibility index (Phi) is 17.9. The Morgan fingerprint density at radius 2 is 0.750 bits per heavy atom. The molecule has 0 bridgehead atoms. The topological polar surface area (TPSA) is 155 Å². The number of carbonyl (C=O) groups is 3. The SMILES string of the molecule is NC(=O)S.NC(=O)S.NC(N)=O. The number of nitrogens with two attached hydrogens (primary N) is 4. The Hall–Kier alpha value is -1.09. The quantitative estimate of drug-likeness (QED) is 0.287. The van der Waals surface area contributed by atoms with Crippen molar-refractivity contribution in [2.24, 2.45) is 22.9 Å². The van der Waals surface area contributed by atoms with Crippen LogP contribution < -0.4 is 22.9 Å². The van der Waals surface area contributed by atoms with E-state index >= 15 is 0 Å². The Morgan fingerprint density at radius 3 is 0.750 bits per heavy atom. The molecular formula is C3H10N4O3S2. The summed E-state index contributed by atoms with van der Waals surface area (Å²) in [6, 6.07) is -0.833. The lowest BCUT2D eigenvalue weighted by atomic mass is 11.2. The first-order valence-electron chi connectivity index (χ1n) is 2.21. The molecule has 4 amide bonds. The smallest absolute Gasteiger partial charge is 0.309 e. The molecule has 0 unspecified atom stereocenters. The highest BCUT2D eigenvalue weighted by atomic mass is 32.1. The standard InChI is InChI=1S/CH4N2O.2CH3NOS/c3*2-1(3)4/h(H4,2,3,4);2*(H3,2,3,4). The van der Waals surface area contributed by atoms with Crippen LogP contribution in [0.15, 0.2) is 0 Å². The van der Waals surface area contributed by atoms with Crippen molar-refractivity contribution in [2.75, 3.05) is 0 Å². The van der Waals surface area contributed by atoms with Crippen LogP contribution in [0.3, 0.4) is 0 Å². The molecule has 0 atom stereocenters. The zero-order valence-electron chi connectivity index (χ0n) is 5.93. The predicted molar refractivity (Wildman–Crippen MR) is 50.9 cm³/mol. The number of primary amides is 4. The number of carbonyl (C=O) groups excluding carboxylic acids is 3. The van der Waals surface area contributed by atoms with E-state index in [4.69, 9.17) is 14.4 Å². The van der Waals surface area contributed by atoms with Gasteiger partial charge in [-0.3, -0.25) is 9.59 Å². The zero-order chi connectivity index (χ0) is 10.7. The molecule has 0 saturated heterocycles. The summed E-state index contributed by atoms with van der Waals surface area (Å²) in [6.45, 7) is 0. The van der Waals surface area contributed by atoms with Crippen molar-refractivity contribution in [1.82, 2.24) is 0 Å². The third kappa shape index (κ3) is 469. The van der Waals surface area contributed by atoms with Gasteiger partial charge in [0.2, 0.25) is 0 Å². The summed E-state index contributed by atoms with van der Waals surface area (Å²) < 4.78 is 0. The molecule has 0 aromatic carbocycles. The molecule has 0 heterocycles. The third-order valence-electron chi connectivity index (χ3n) is 0. The van der Waals surface area contributed by atoms with Gasteiger partial charge in [-0.15, -0.1) is 0 Å². The van der Waals surface area contributed by atoms with Crippen molar-refractivity contribution in [1.29, 1.82) is 0 Å². The molecule has 0 rings (SSSR count). The predicted octanol–water partition coefficient (Wildman–Crippen LogP) is -0.986. The van der Waals surface area contributed by atoms with Crippen molar-refractivity contribution in [3.63, 3.8) is 0 Å². The van der Waals surface area contributed by atoms with E-state index in [9.17, 15) is 0 Å². The maximum Gasteiger partial charge on any atom is 0.309 e. The number of amides is 4. The third-order valence-corrected chi connectivity index (χ3v) is 0. The van der Waals surface area contributed by atoms with Gasteiger partial charge in [-0.25, -0.2) is 4.79 Å². The van der Waals surface area contributed by atoms with Crippen LogP contribution in [-0.4, -0.2) is 16.5 Å². The Bertz CT molecular complexity index is 121. The van der Waals surface area contributed by atoms with E-state index in [2.05, 4.69) is 48.2 Å². The average Bonchev–Trinajstić information content (AvgIpc) is 1.54. The largest absolute Gasteiger partial charge is 0.361 e. The number of hydrogen-bond acceptors (Lipinski definition) is 3. The highest BCUT2D eigenvalue weighted by Gasteiger charge is 1.63. The molecule has 0 aliphatic carbocycles. The van der Waals surface area contributed by atoms with Crippen LogP contribution in [0.1, 0.15) is 0 Å². The molecule has 72 valence electrons. The highest BCUT2D eigenvalue weighted by Crippen LogP contribution is 1.61. The lowest BCUT2D eigenvalue weighted by Crippen LogP contribution is -2.18. The monoisotopic (exact) mass is 214 g/mol. The molecule has 0 fully saturated rings. The van der Waals surface area contributed by atoms with E-state index in [1.165, 1.54) is 0 Å². The molecule has 9 heteroatoms. The van der Waals surface area contributed by atoms with Crippen molar-refractivity contribution in [2.45, 2.75) is 0 Å². The molecule has 8 N–H and O–H groups in total. The van der Waals surface area contributed by atoms with Crippen molar-refractivity contribution in [3.8, 4) is 0 Å². The molecule has 0 spiro atoms. The Morgan fingerprint density at radius 1 is 0.750 bits per heavy atom. The van der Waals surface area contributed by atoms with Crippen molar-refractivity contribution in [3.05, 3.63) is 0 Å². The van der Waals surface area contributed by atoms with E-state index in [1.54, 1.807) is 0 Å². The molecule has 0 aromatic heterocycles. The lowest BCUT2D eigenvalue weighted by Gasteiger charge is -1.62. The van der Waals surface area contributed by atoms with Gasteiger partial charge in [0.25, 0.3) is 10.5 Å². The van der Waals surface area contributed by atoms with Gasteiger partial charge in [0, 0.05) is 0 Å². The van der Waals surface area contributed by atoms with Gasteiger partial charge in [0.1, 0.15) is 0 Å². The lowest BCUT2D eigenvalue weighted by molar-refractivity contribution is 0.256. The second-order valence-corrected chi connectivity index (χ2v) is 1.96. The first-order chi connectivity index (χ1) is 5.20. The van der Waals surface area contributed by atoms with E-state index in [1.807, 2.05) is 0 Å². The van der Waals surface area contributed by atoms with E-state index in [0.717, 1.165) is 0 Å². The van der Waals surface area contributed by atoms with Gasteiger partial charge in [0.05, 0.1) is 0 Å². The molecule has 0 aliphatic heterocycles. The number of thiol groups is 2. The Labute approximate surface area is 79.6 Å². The van der Waals surface area contributed by atoms with Crippen LogP contribution in [0, 0.1) is 0 Å². The summed E-state index contributed by atoms with van der Waals surface area (Å²) in [5.41, 5.74) is 17.2. The van der Waals surface area contributed by atoms with Gasteiger partial charge < -0.3 is 22.9 Å². The first kappa shape index (κ1) is 17.1. The van der Waals surface area contributed by atoms with Crippen LogP contribution in [-0.2, 0) is 0 Å². The van der Waals surface area contributed by atoms with Gasteiger partial charge in [-0.2, -0.15) is 0 Å². The van der Waals surface area contributed by atoms with E-state index in [-0.39, 0.29) is 0 Å². The minimum Gasteiger partial charge on any atom is -0.361 e. The van der Waals surface area contributed by atoms with Gasteiger partial charge in [0.15, 0.2) is 0 Å². The fourth-order valence-corrected chi connectivity index (χ4v) is 0. The molecule has 12 heavy (non-hydrogen) atoms. The van der Waals surface area contributed by atoms with Crippen LogP contribution in [0.5, 0.6) is 0 Å². The van der Waals surface area contributed by atoms with Crippen LogP contribution in [0.25, 0.3) is 0 Å². The number of rotatable bonds is 0. The van der Waals surface area contributed by atoms with Gasteiger partial charge in [-0.1, -0.05) is 25.3 Å². The summed E-state index contributed by atoms with van der Waals surface area (Å²) >= 11 is 6.21. The van der Waals surface area contributed by atoms with Gasteiger partial charge >= 0.3 is 6.03 Å². The maximum atomic E-state index is 9.09. The Balaban J connectivity index is -0.000000101. The van der Waals surface area contributed by atoms with E-state index < -0.39 is 16.5 Å². The molecular weight excluding hydrogens is 204 g/mol. The van der Waals surface area contributed by atoms with Gasteiger partial charge in [-0.05, 0) is 0 Å². The second-order valence-electron chi connectivity index (χ2n) is 1.08. The van der Waals surface area contributed by atoms with Crippen LogP contribution in [0.2, 0.25) is 0 Å². The molecule has 0 aromatic rings. The highest BCUT2D eigenvalue weighted by molar-refractivity contribution is 7.96. The van der Waals surface area contributed by atoms with Crippen LogP contribution >= 0.6 is 25.3 Å². The average molecular weight is 214 g/mol. The minimum absolute atomic E-state index is 0.639. The number of urea groups is 1.